The molecule has 7 atom stereocenters. The molecule has 1 aromatic carbocycles. The number of amides is 4. The van der Waals surface area contributed by atoms with E-state index in [1.807, 2.05) is 41.5 Å². The minimum absolute atomic E-state index is 0.0208. The van der Waals surface area contributed by atoms with Crippen molar-refractivity contribution in [3.05, 3.63) is 41.7 Å². The van der Waals surface area contributed by atoms with Crippen molar-refractivity contribution in [1.82, 2.24) is 51.0 Å². The molecule has 2 aromatic rings. The van der Waals surface area contributed by atoms with Crippen molar-refractivity contribution >= 4 is 107 Å². The Bertz CT molecular complexity index is 3420. The fourth-order valence-corrected chi connectivity index (χ4v) is 22.1. The summed E-state index contributed by atoms with van der Waals surface area (Å²) in [4.78, 5) is 185. The highest BCUT2D eigenvalue weighted by Gasteiger charge is 2.56. The number of unbranched alkanes of at least 4 members (excludes halogenated alkanes) is 5. The van der Waals surface area contributed by atoms with Gasteiger partial charge in [-0.3, -0.25) is 85.9 Å². The average Bonchev–Trinajstić information content (AvgIpc) is 1.30. The van der Waals surface area contributed by atoms with Gasteiger partial charge in [0.2, 0.25) is 39.8 Å². The maximum Gasteiger partial charge on any atom is 0.306 e. The lowest BCUT2D eigenvalue weighted by Gasteiger charge is -2.44. The molecular formula is C68H112FN10O24P3Si. The molecule has 1 aliphatic heterocycles. The fourth-order valence-electron chi connectivity index (χ4n) is 12.7. The number of halogens is 1. The molecule has 1 fully saturated rings. The van der Waals surface area contributed by atoms with Gasteiger partial charge in [-0.2, -0.15) is 0 Å². The van der Waals surface area contributed by atoms with Gasteiger partial charge in [-0.05, 0) is 72.3 Å². The van der Waals surface area contributed by atoms with Gasteiger partial charge in [0, 0.05) is 128 Å². The Morgan fingerprint density at radius 1 is 0.495 bits per heavy atom. The topological polar surface area (TPSA) is 527 Å². The number of benzene rings is 1. The quantitative estimate of drug-likeness (QED) is 0.0163. The van der Waals surface area contributed by atoms with Crippen LogP contribution in [0.2, 0.25) is 10.1 Å². The average molecular weight is 1590 g/mol. The molecule has 0 aliphatic carbocycles. The summed E-state index contributed by atoms with van der Waals surface area (Å²) in [6, 6.07) is 4.79. The van der Waals surface area contributed by atoms with Crippen LogP contribution in [0.15, 0.2) is 30.5 Å². The number of nitrogens with one attached hydrogen (secondary N) is 4. The van der Waals surface area contributed by atoms with E-state index in [-0.39, 0.29) is 120 Å². The third kappa shape index (κ3) is 36.4. The number of Topliss-reactive ketones (excluding diaryl/α,β-unsaturated/α-hetero) is 2. The first-order valence-corrected chi connectivity index (χ1v) is 44.1. The molecule has 107 heavy (non-hydrogen) atoms. The van der Waals surface area contributed by atoms with Crippen molar-refractivity contribution in [1.29, 1.82) is 0 Å². The molecule has 604 valence electrons. The summed E-state index contributed by atoms with van der Waals surface area (Å²) in [7, 11) is -16.0. The molecule has 0 spiro atoms. The first kappa shape index (κ1) is 94.2. The molecule has 34 nitrogen and oxygen atoms in total. The van der Waals surface area contributed by atoms with E-state index in [0.717, 1.165) is 4.68 Å². The minimum Gasteiger partial charge on any atom is -0.481 e. The smallest absolute Gasteiger partial charge is 0.306 e. The van der Waals surface area contributed by atoms with Crippen LogP contribution in [0.3, 0.4) is 0 Å². The number of carbonyl (C=O) groups is 12. The molecule has 13 N–H and O–H groups in total. The number of hydrogen-bond donors (Lipinski definition) is 13. The first-order valence-electron chi connectivity index (χ1n) is 36.1. The molecule has 39 heteroatoms. The highest BCUT2D eigenvalue weighted by atomic mass is 31.2. The SMILES string of the molecule is CC(C)(C)[Si](F)(c1ccc(C(=O)NC[C@@H](C(=O)C[C@H](CCCCNC(=O)CCCCCCC(=O)NCCCC[C@H](CC(=O)C[C@@H](CCC(=O)O)C(=O)O)C(=O)O)C(=O)O)n2cc(CNC(=O)CCP(=O)(O)CN3CCN(CP(=O)(O)CCC(=O)O)CCN(CP(=O)(O)CCC(=O)O)CC3)nn2)cc1)C(C)(C)C. The Morgan fingerprint density at radius 2 is 0.888 bits per heavy atom. The number of ketones is 2. The van der Waals surface area contributed by atoms with E-state index in [4.69, 9.17) is 15.3 Å². The maximum absolute atomic E-state index is 17.2. The standard InChI is InChI=1S/C68H112FN10O24P3Si/c1-67(2,3)107(69,68(4,5)6)54-22-19-48(20-23-54)63(91)73-43-55(56(81)41-50(65(94)95)16-12-14-29-71-58(83)18-10-8-7-9-17-57(82)70-28-13-11-15-49(64(92)93)39-53(80)40-51(66(96)97)21-24-60(85)86)79-44-52(74-75-79)42-72-59(84)25-36-104(98,99)45-76-30-32-77(46-105(100,101)37-26-61(87)88)34-35-78(33-31-76)47-106(102,103)38-27-62(89)90/h19-20,22-23,44,49-51,55H,7-18,21,24-43,45-47H2,1-6H3,(H,70,82)(H,71,83)(H,72,84)(H,73,91)(H,85,86)(H,87,88)(H,89,90)(H,92,93)(H,94,95)(H,96,97)(H,98,99)(H,100,101)(H,102,103)/t49-,50+,51-,55+/m1/s1. The highest BCUT2D eigenvalue weighted by molar-refractivity contribution is 7.58. The maximum atomic E-state index is 17.2. The van der Waals surface area contributed by atoms with Gasteiger partial charge < -0.3 is 70.7 Å². The van der Waals surface area contributed by atoms with Crippen molar-refractivity contribution < 1.29 is 121 Å². The second kappa shape index (κ2) is 45.2. The van der Waals surface area contributed by atoms with Crippen LogP contribution in [0.1, 0.15) is 192 Å². The molecule has 1 aliphatic rings. The molecule has 1 aromatic heterocycles. The largest absolute Gasteiger partial charge is 0.481 e. The van der Waals surface area contributed by atoms with Crippen LogP contribution >= 0.6 is 22.1 Å². The summed E-state index contributed by atoms with van der Waals surface area (Å²) in [5.41, 5.74) is 0.235. The van der Waals surface area contributed by atoms with Gasteiger partial charge >= 0.3 is 35.8 Å². The Hall–Kier alpha value is -7.00. The van der Waals surface area contributed by atoms with Crippen LogP contribution in [-0.4, -0.2) is 251 Å². The van der Waals surface area contributed by atoms with E-state index >= 15 is 4.11 Å². The van der Waals surface area contributed by atoms with E-state index in [1.54, 1.807) is 26.8 Å². The van der Waals surface area contributed by atoms with E-state index < -0.39 is 212 Å². The van der Waals surface area contributed by atoms with Gasteiger partial charge in [-0.25, -0.2) is 4.68 Å². The van der Waals surface area contributed by atoms with Gasteiger partial charge in [0.15, 0.2) is 5.78 Å². The Kier molecular flexibility index (Phi) is 39.8. The molecule has 2 heterocycles. The summed E-state index contributed by atoms with van der Waals surface area (Å²) in [5, 5.41) is 74.5. The summed E-state index contributed by atoms with van der Waals surface area (Å²) >= 11 is 0. The molecule has 0 saturated carbocycles. The van der Waals surface area contributed by atoms with Crippen LogP contribution in [0.4, 0.5) is 4.11 Å². The van der Waals surface area contributed by atoms with E-state index in [9.17, 15) is 101 Å². The lowest BCUT2D eigenvalue weighted by molar-refractivity contribution is -0.146. The van der Waals surface area contributed by atoms with Crippen molar-refractivity contribution in [2.75, 3.05) is 96.2 Å². The summed E-state index contributed by atoms with van der Waals surface area (Å²) in [6.07, 6.45) is -0.975. The highest BCUT2D eigenvalue weighted by Crippen LogP contribution is 2.51. The molecule has 1 saturated heterocycles. The zero-order chi connectivity index (χ0) is 80.5. The zero-order valence-electron chi connectivity index (χ0n) is 62.2. The number of rotatable bonds is 52. The van der Waals surface area contributed by atoms with Crippen LogP contribution in [0, 0.1) is 17.8 Å². The van der Waals surface area contributed by atoms with Crippen LogP contribution in [0.25, 0.3) is 0 Å². The van der Waals surface area contributed by atoms with Gasteiger partial charge in [0.1, 0.15) is 17.5 Å². The third-order valence-electron chi connectivity index (χ3n) is 18.6. The van der Waals surface area contributed by atoms with Crippen molar-refractivity contribution in [3.63, 3.8) is 0 Å². The number of carbonyl (C=O) groups excluding carboxylic acids is 6. The number of hydrogen-bond acceptors (Lipinski definition) is 20. The van der Waals surface area contributed by atoms with E-state index in [1.165, 1.54) is 18.3 Å². The van der Waals surface area contributed by atoms with Crippen molar-refractivity contribution in [3.8, 4) is 0 Å². The van der Waals surface area contributed by atoms with Gasteiger partial charge in [-0.1, -0.05) is 84.6 Å². The normalized spacial score (nSPS) is 16.5. The van der Waals surface area contributed by atoms with Crippen LogP contribution in [-0.2, 0) is 73.0 Å². The minimum atomic E-state index is -4.18. The van der Waals surface area contributed by atoms with Gasteiger partial charge in [0.05, 0.1) is 62.2 Å². The summed E-state index contributed by atoms with van der Waals surface area (Å²) in [5.74, 6) is -14.2. The number of carboxylic acid groups (broad SMARTS) is 6. The Morgan fingerprint density at radius 3 is 1.29 bits per heavy atom. The monoisotopic (exact) mass is 1590 g/mol. The Balaban J connectivity index is 1.60. The molecule has 3 rings (SSSR count). The predicted molar refractivity (Wildman–Crippen MR) is 394 cm³/mol. The van der Waals surface area contributed by atoms with Gasteiger partial charge in [0.25, 0.3) is 14.3 Å². The fraction of sp³-hybridized carbons (Fsp3) is 0.706. The Labute approximate surface area is 624 Å². The molecule has 3 unspecified atom stereocenters. The molecular weight excluding hydrogens is 1480 g/mol. The van der Waals surface area contributed by atoms with E-state index in [0.29, 0.717) is 50.1 Å². The number of aliphatic carboxylic acids is 6. The lowest BCUT2D eigenvalue weighted by Crippen LogP contribution is -2.57. The summed E-state index contributed by atoms with van der Waals surface area (Å²) in [6.45, 7) is 11.2. The van der Waals surface area contributed by atoms with Crippen LogP contribution < -0.4 is 26.5 Å². The van der Waals surface area contributed by atoms with Crippen molar-refractivity contribution in [2.24, 2.45) is 17.8 Å². The van der Waals surface area contributed by atoms with Crippen molar-refractivity contribution in [2.45, 2.75) is 193 Å². The van der Waals surface area contributed by atoms with E-state index in [2.05, 4.69) is 31.6 Å². The number of carboxylic acids is 6. The first-order chi connectivity index (χ1) is 49.8. The second-order valence-corrected chi connectivity index (χ2v) is 41.9. The number of nitrogens with zero attached hydrogens (tertiary/aromatic N) is 6. The second-order valence-electron chi connectivity index (χ2n) is 29.7. The third-order valence-corrected chi connectivity index (χ3v) is 29.1. The van der Waals surface area contributed by atoms with Gasteiger partial charge in [-0.15, -0.1) is 5.10 Å². The molecule has 0 radical (unpaired) electrons. The lowest BCUT2D eigenvalue weighted by atomic mass is 9.90. The molecule has 4 amide bonds. The zero-order valence-corrected chi connectivity index (χ0v) is 65.9. The summed E-state index contributed by atoms with van der Waals surface area (Å²) < 4.78 is 58.1. The number of aromatic nitrogens is 3. The van der Waals surface area contributed by atoms with Crippen LogP contribution in [0.5, 0.6) is 0 Å². The molecule has 0 bridgehead atoms. The predicted octanol–water partition coefficient (Wildman–Crippen LogP) is 5.72.